The van der Waals surface area contributed by atoms with Gasteiger partial charge in [-0.05, 0) is 54.0 Å². The number of hydrogen-bond acceptors (Lipinski definition) is 9. The minimum Gasteiger partial charge on any atom is -0.467 e. The highest BCUT2D eigenvalue weighted by molar-refractivity contribution is 5.83. The van der Waals surface area contributed by atoms with Crippen molar-refractivity contribution in [2.45, 2.75) is 51.4 Å². The van der Waals surface area contributed by atoms with Gasteiger partial charge in [0.1, 0.15) is 12.3 Å². The lowest BCUT2D eigenvalue weighted by Gasteiger charge is -2.32. The summed E-state index contributed by atoms with van der Waals surface area (Å²) < 4.78 is 24.2. The SMILES string of the molecule is CC[C@H](c1nnnn1Cc1ccco1)N(Cc1cc2cc3c(cc2[nH]c1=O)OCO3)C[C@@H]1CCCO1. The minimum absolute atomic E-state index is 0.0989. The van der Waals surface area contributed by atoms with E-state index in [1.54, 1.807) is 10.9 Å². The number of aromatic amines is 1. The lowest BCUT2D eigenvalue weighted by Crippen LogP contribution is -2.37. The van der Waals surface area contributed by atoms with E-state index in [1.165, 1.54) is 0 Å². The smallest absolute Gasteiger partial charge is 0.252 e. The number of tetrazole rings is 1. The monoisotopic (exact) mass is 492 g/mol. The molecule has 0 spiro atoms. The largest absolute Gasteiger partial charge is 0.467 e. The van der Waals surface area contributed by atoms with Crippen molar-refractivity contribution < 1.29 is 18.6 Å². The fourth-order valence-electron chi connectivity index (χ4n) is 5.05. The first-order valence-electron chi connectivity index (χ1n) is 12.3. The number of fused-ring (bicyclic) bond motifs is 2. The second-order valence-electron chi connectivity index (χ2n) is 9.18. The molecule has 2 aliphatic heterocycles. The number of rotatable bonds is 9. The van der Waals surface area contributed by atoms with E-state index in [0.29, 0.717) is 42.2 Å². The Morgan fingerprint density at radius 1 is 1.25 bits per heavy atom. The van der Waals surface area contributed by atoms with Crippen molar-refractivity contribution in [1.29, 1.82) is 0 Å². The van der Waals surface area contributed by atoms with Gasteiger partial charge in [-0.3, -0.25) is 9.69 Å². The second kappa shape index (κ2) is 9.75. The Hall–Kier alpha value is -3.70. The maximum atomic E-state index is 13.1. The third kappa shape index (κ3) is 4.47. The molecule has 11 nitrogen and oxygen atoms in total. The molecule has 2 aliphatic rings. The third-order valence-electron chi connectivity index (χ3n) is 6.82. The van der Waals surface area contributed by atoms with Crippen molar-refractivity contribution >= 4 is 10.9 Å². The number of pyridine rings is 1. The molecule has 2 atom stereocenters. The van der Waals surface area contributed by atoms with Gasteiger partial charge in [-0.1, -0.05) is 6.92 Å². The molecule has 36 heavy (non-hydrogen) atoms. The Balaban J connectivity index is 1.34. The van der Waals surface area contributed by atoms with Gasteiger partial charge in [0, 0.05) is 36.7 Å². The van der Waals surface area contributed by atoms with E-state index in [0.717, 1.165) is 42.8 Å². The zero-order valence-corrected chi connectivity index (χ0v) is 20.1. The number of hydrogen-bond donors (Lipinski definition) is 1. The highest BCUT2D eigenvalue weighted by Gasteiger charge is 2.29. The molecule has 4 aromatic rings. The zero-order valence-electron chi connectivity index (χ0n) is 20.1. The third-order valence-corrected chi connectivity index (χ3v) is 6.82. The molecule has 5 heterocycles. The Morgan fingerprint density at radius 2 is 2.14 bits per heavy atom. The van der Waals surface area contributed by atoms with Gasteiger partial charge in [-0.25, -0.2) is 4.68 Å². The molecule has 0 saturated carbocycles. The molecule has 3 aromatic heterocycles. The number of aromatic nitrogens is 5. The molecule has 1 saturated heterocycles. The molecule has 1 aromatic carbocycles. The summed E-state index contributed by atoms with van der Waals surface area (Å²) in [6.07, 6.45) is 4.52. The quantitative estimate of drug-likeness (QED) is 0.376. The average Bonchev–Trinajstić information content (AvgIpc) is 3.68. The molecule has 0 radical (unpaired) electrons. The highest BCUT2D eigenvalue weighted by atomic mass is 16.7. The molecule has 0 bridgehead atoms. The lowest BCUT2D eigenvalue weighted by molar-refractivity contribution is 0.0488. The maximum Gasteiger partial charge on any atom is 0.252 e. The number of H-pyrrole nitrogens is 1. The molecule has 0 aliphatic carbocycles. The number of nitrogens with one attached hydrogen (secondary N) is 1. The number of benzene rings is 1. The van der Waals surface area contributed by atoms with Crippen LogP contribution in [-0.4, -0.2) is 56.1 Å². The van der Waals surface area contributed by atoms with E-state index in [-0.39, 0.29) is 24.5 Å². The molecule has 6 rings (SSSR count). The number of ether oxygens (including phenoxy) is 3. The summed E-state index contributed by atoms with van der Waals surface area (Å²) in [6.45, 7) is 4.57. The summed E-state index contributed by atoms with van der Waals surface area (Å²) in [5.74, 6) is 2.82. The van der Waals surface area contributed by atoms with Crippen molar-refractivity contribution in [2.75, 3.05) is 19.9 Å². The molecule has 1 fully saturated rings. The van der Waals surface area contributed by atoms with Gasteiger partial charge in [0.05, 0.1) is 23.9 Å². The molecular formula is C25H28N6O5. The number of furan rings is 1. The zero-order chi connectivity index (χ0) is 24.5. The second-order valence-corrected chi connectivity index (χ2v) is 9.18. The first kappa shape index (κ1) is 22.7. The summed E-state index contributed by atoms with van der Waals surface area (Å²) in [6, 6.07) is 9.27. The van der Waals surface area contributed by atoms with E-state index in [9.17, 15) is 4.79 Å². The topological polar surface area (TPSA) is 121 Å². The van der Waals surface area contributed by atoms with Gasteiger partial charge in [0.15, 0.2) is 17.3 Å². The Labute approximate surface area is 206 Å². The van der Waals surface area contributed by atoms with Crippen molar-refractivity contribution in [3.8, 4) is 11.5 Å². The van der Waals surface area contributed by atoms with Gasteiger partial charge in [0.2, 0.25) is 6.79 Å². The van der Waals surface area contributed by atoms with Crippen LogP contribution in [0.15, 0.2) is 45.8 Å². The van der Waals surface area contributed by atoms with Crippen molar-refractivity contribution in [3.05, 3.63) is 64.1 Å². The molecule has 0 amide bonds. The Kier molecular flexibility index (Phi) is 6.16. The number of nitrogens with zero attached hydrogens (tertiary/aromatic N) is 5. The van der Waals surface area contributed by atoms with Gasteiger partial charge in [-0.15, -0.1) is 5.10 Å². The van der Waals surface area contributed by atoms with Gasteiger partial charge in [-0.2, -0.15) is 0 Å². The summed E-state index contributed by atoms with van der Waals surface area (Å²) in [4.78, 5) is 18.4. The molecule has 1 N–H and O–H groups in total. The fraction of sp³-hybridized carbons (Fsp3) is 0.440. The standard InChI is InChI=1S/C25H28N6O5/c1-2-21(24-27-28-29-31(24)14-19-6-4-8-34-19)30(13-18-5-3-7-33-18)12-17-9-16-10-22-23(36-15-35-22)11-20(16)26-25(17)32/h4,6,8-11,18,21H,2-3,5,7,12-15H2,1H3,(H,26,32)/t18-,21+/m0/s1. The van der Waals surface area contributed by atoms with Crippen LogP contribution < -0.4 is 15.0 Å². The predicted octanol–water partition coefficient (Wildman–Crippen LogP) is 3.02. The van der Waals surface area contributed by atoms with Gasteiger partial charge < -0.3 is 23.6 Å². The van der Waals surface area contributed by atoms with Crippen LogP contribution in [0.4, 0.5) is 0 Å². The van der Waals surface area contributed by atoms with Crippen LogP contribution in [0.25, 0.3) is 10.9 Å². The van der Waals surface area contributed by atoms with Crippen molar-refractivity contribution in [2.24, 2.45) is 0 Å². The normalized spacial score (nSPS) is 17.9. The van der Waals surface area contributed by atoms with Crippen LogP contribution in [0.3, 0.4) is 0 Å². The van der Waals surface area contributed by atoms with Gasteiger partial charge >= 0.3 is 0 Å². The van der Waals surface area contributed by atoms with Crippen LogP contribution in [-0.2, 0) is 17.8 Å². The maximum absolute atomic E-state index is 13.1. The first-order chi connectivity index (χ1) is 17.7. The van der Waals surface area contributed by atoms with Crippen LogP contribution >= 0.6 is 0 Å². The first-order valence-corrected chi connectivity index (χ1v) is 12.3. The van der Waals surface area contributed by atoms with E-state index >= 15 is 0 Å². The molecule has 188 valence electrons. The van der Waals surface area contributed by atoms with Crippen molar-refractivity contribution in [3.63, 3.8) is 0 Å². The predicted molar refractivity (Wildman–Crippen MR) is 129 cm³/mol. The Bertz CT molecular complexity index is 1390. The van der Waals surface area contributed by atoms with Crippen LogP contribution in [0.1, 0.15) is 49.4 Å². The summed E-state index contributed by atoms with van der Waals surface area (Å²) in [5.41, 5.74) is 1.24. The van der Waals surface area contributed by atoms with Gasteiger partial charge in [0.25, 0.3) is 5.56 Å². The minimum atomic E-state index is -0.135. The fourth-order valence-corrected chi connectivity index (χ4v) is 5.05. The van der Waals surface area contributed by atoms with E-state index in [1.807, 2.05) is 30.3 Å². The Morgan fingerprint density at radius 3 is 2.92 bits per heavy atom. The molecular weight excluding hydrogens is 464 g/mol. The summed E-state index contributed by atoms with van der Waals surface area (Å²) in [5, 5.41) is 13.4. The van der Waals surface area contributed by atoms with Crippen LogP contribution in [0.5, 0.6) is 11.5 Å². The van der Waals surface area contributed by atoms with E-state index in [4.69, 9.17) is 18.6 Å². The van der Waals surface area contributed by atoms with E-state index in [2.05, 4.69) is 32.3 Å². The summed E-state index contributed by atoms with van der Waals surface area (Å²) >= 11 is 0. The van der Waals surface area contributed by atoms with Crippen LogP contribution in [0.2, 0.25) is 0 Å². The van der Waals surface area contributed by atoms with Crippen molar-refractivity contribution in [1.82, 2.24) is 30.1 Å². The van der Waals surface area contributed by atoms with Crippen LogP contribution in [0, 0.1) is 0 Å². The summed E-state index contributed by atoms with van der Waals surface area (Å²) in [7, 11) is 0. The average molecular weight is 493 g/mol. The lowest BCUT2D eigenvalue weighted by atomic mass is 10.1. The molecule has 0 unspecified atom stereocenters. The van der Waals surface area contributed by atoms with E-state index < -0.39 is 0 Å². The molecule has 11 heteroatoms. The highest BCUT2D eigenvalue weighted by Crippen LogP contribution is 2.35.